The predicted molar refractivity (Wildman–Crippen MR) is 237 cm³/mol. The van der Waals surface area contributed by atoms with Crippen molar-refractivity contribution in [3.05, 3.63) is 112 Å². The van der Waals surface area contributed by atoms with Crippen LogP contribution in [0.2, 0.25) is 5.02 Å². The van der Waals surface area contributed by atoms with E-state index >= 15 is 0 Å². The lowest BCUT2D eigenvalue weighted by Gasteiger charge is -2.35. The fourth-order valence-electron chi connectivity index (χ4n) is 8.21. The molecular weight excluding hydrogens is 868 g/mol. The van der Waals surface area contributed by atoms with Gasteiger partial charge in [-0.05, 0) is 91.1 Å². The number of pyridine rings is 2. The zero-order chi connectivity index (χ0) is 44.8. The van der Waals surface area contributed by atoms with E-state index in [0.717, 1.165) is 22.3 Å². The number of nitrogens with two attached hydrogens (primary N) is 1. The first-order valence-corrected chi connectivity index (χ1v) is 22.2. The average Bonchev–Trinajstić information content (AvgIpc) is 3.89. The number of amides is 4. The number of aryl methyl sites for hydroxylation is 1. The summed E-state index contributed by atoms with van der Waals surface area (Å²) in [6.07, 6.45) is -1.41. The molecule has 64 heavy (non-hydrogen) atoms. The Kier molecular flexibility index (Phi) is 11.5. The molecule has 0 bridgehead atoms. The monoisotopic (exact) mass is 909 g/mol. The number of rotatable bonds is 12. The van der Waals surface area contributed by atoms with Crippen LogP contribution in [0.4, 0.5) is 20.4 Å². The van der Waals surface area contributed by atoms with E-state index in [-0.39, 0.29) is 40.9 Å². The van der Waals surface area contributed by atoms with Crippen LogP contribution < -0.4 is 30.6 Å². The standard InChI is InChI=1S/C46H42ClF2N7O7S/c1-26-5-8-38(54-44(60)45(10-11-45)31-6-7-34-35(23-31)63-46(48,49)62-34)53-40(26)28-3-2-4-29(19-28)42(58)52-13-18-64-25-39(57)55-14-16-56(17-15-55)43(59)36-21-30-20-32(47)24-33(41(30)61-36)27-9-12-51-37(50)22-27/h2-9,12,19-20,22-24,36H,10-11,13-18,21,25H2,1H3,(H2,50,51)(H,52,58)(H,53,54,60)/t36-/m1/s1. The molecule has 1 saturated heterocycles. The van der Waals surface area contributed by atoms with Crippen LogP contribution in [-0.4, -0.2) is 100 Å². The number of thioether (sulfide) groups is 1. The molecule has 1 saturated carbocycles. The highest BCUT2D eigenvalue weighted by atomic mass is 35.5. The van der Waals surface area contributed by atoms with Gasteiger partial charge in [-0.2, -0.15) is 11.8 Å². The molecule has 1 aliphatic carbocycles. The first kappa shape index (κ1) is 42.8. The molecule has 5 aromatic rings. The van der Waals surface area contributed by atoms with Crippen LogP contribution in [0.1, 0.15) is 39.9 Å². The number of nitrogens with zero attached hydrogens (tertiary/aromatic N) is 4. The molecule has 3 aliphatic heterocycles. The van der Waals surface area contributed by atoms with Gasteiger partial charge in [-0.15, -0.1) is 8.78 Å². The highest BCUT2D eigenvalue weighted by molar-refractivity contribution is 7.99. The fourth-order valence-corrected chi connectivity index (χ4v) is 9.20. The third kappa shape index (κ3) is 8.86. The number of halogens is 3. The number of alkyl halides is 2. The molecule has 0 spiro atoms. The second kappa shape index (κ2) is 17.3. The minimum Gasteiger partial charge on any atom is -0.479 e. The molecule has 9 rings (SSSR count). The maximum absolute atomic E-state index is 13.6. The Balaban J connectivity index is 0.723. The number of anilines is 2. The molecule has 18 heteroatoms. The van der Waals surface area contributed by atoms with Crippen molar-refractivity contribution in [2.75, 3.05) is 55.3 Å². The Hall–Kier alpha value is -6.46. The van der Waals surface area contributed by atoms with Crippen molar-refractivity contribution in [2.45, 2.75) is 44.0 Å². The summed E-state index contributed by atoms with van der Waals surface area (Å²) in [7, 11) is 0. The van der Waals surface area contributed by atoms with Crippen molar-refractivity contribution in [2.24, 2.45) is 0 Å². The quantitative estimate of drug-likeness (QED) is 0.117. The number of hydrogen-bond donors (Lipinski definition) is 3. The predicted octanol–water partition coefficient (Wildman–Crippen LogP) is 6.48. The summed E-state index contributed by atoms with van der Waals surface area (Å²) in [4.78, 5) is 65.7. The van der Waals surface area contributed by atoms with E-state index in [9.17, 15) is 28.0 Å². The first-order valence-electron chi connectivity index (χ1n) is 20.7. The molecule has 5 heterocycles. The number of hydrogen-bond acceptors (Lipinski definition) is 11. The van der Waals surface area contributed by atoms with Gasteiger partial charge < -0.3 is 40.4 Å². The second-order valence-electron chi connectivity index (χ2n) is 16.0. The van der Waals surface area contributed by atoms with Crippen molar-refractivity contribution in [1.82, 2.24) is 25.1 Å². The van der Waals surface area contributed by atoms with E-state index in [4.69, 9.17) is 27.1 Å². The van der Waals surface area contributed by atoms with Crippen molar-refractivity contribution in [3.8, 4) is 39.6 Å². The number of benzene rings is 3. The number of ether oxygens (including phenoxy) is 3. The average molecular weight is 910 g/mol. The largest absolute Gasteiger partial charge is 0.586 e. The summed E-state index contributed by atoms with van der Waals surface area (Å²) in [6, 6.07) is 22.1. The van der Waals surface area contributed by atoms with Crippen LogP contribution in [0.15, 0.2) is 85.1 Å². The van der Waals surface area contributed by atoms with Gasteiger partial charge in [0.1, 0.15) is 17.4 Å². The van der Waals surface area contributed by atoms with Crippen LogP contribution in [0.3, 0.4) is 0 Å². The van der Waals surface area contributed by atoms with Gasteiger partial charge in [0, 0.05) is 78.4 Å². The van der Waals surface area contributed by atoms with Crippen LogP contribution in [0.25, 0.3) is 22.4 Å². The summed E-state index contributed by atoms with van der Waals surface area (Å²) in [5, 5.41) is 6.34. The first-order chi connectivity index (χ1) is 30.7. The molecule has 0 radical (unpaired) electrons. The maximum Gasteiger partial charge on any atom is 0.586 e. The van der Waals surface area contributed by atoms with Gasteiger partial charge in [0.25, 0.3) is 11.8 Å². The van der Waals surface area contributed by atoms with Crippen molar-refractivity contribution in [1.29, 1.82) is 0 Å². The van der Waals surface area contributed by atoms with Crippen LogP contribution in [-0.2, 0) is 26.2 Å². The Morgan fingerprint density at radius 3 is 2.48 bits per heavy atom. The number of carbonyl (C=O) groups is 4. The summed E-state index contributed by atoms with van der Waals surface area (Å²) < 4.78 is 42.5. The maximum atomic E-state index is 13.6. The van der Waals surface area contributed by atoms with Crippen LogP contribution >= 0.6 is 23.4 Å². The minimum absolute atomic E-state index is 0.0366. The van der Waals surface area contributed by atoms with Gasteiger partial charge in [0.05, 0.1) is 16.9 Å². The fraction of sp³-hybridized carbons (Fsp3) is 0.304. The summed E-state index contributed by atoms with van der Waals surface area (Å²) in [6.45, 7) is 3.80. The zero-order valence-corrected chi connectivity index (χ0v) is 36.1. The highest BCUT2D eigenvalue weighted by Crippen LogP contribution is 2.52. The minimum atomic E-state index is -3.75. The topological polar surface area (TPSA) is 178 Å². The Morgan fingerprint density at radius 1 is 0.922 bits per heavy atom. The highest BCUT2D eigenvalue weighted by Gasteiger charge is 2.53. The number of nitrogens with one attached hydrogen (secondary N) is 2. The van der Waals surface area contributed by atoms with Crippen molar-refractivity contribution < 1.29 is 42.2 Å². The molecule has 1 atom stereocenters. The lowest BCUT2D eigenvalue weighted by molar-refractivity contribution is -0.286. The third-order valence-electron chi connectivity index (χ3n) is 11.7. The molecule has 330 valence electrons. The molecule has 4 N–H and O–H groups in total. The number of piperazine rings is 1. The molecular formula is C46H42ClF2N7O7S. The normalized spacial score (nSPS) is 17.6. The number of nitrogen functional groups attached to an aromatic ring is 1. The van der Waals surface area contributed by atoms with E-state index in [1.807, 2.05) is 31.2 Å². The number of carbonyl (C=O) groups excluding carboxylic acids is 4. The molecule has 3 aromatic carbocycles. The third-order valence-corrected chi connectivity index (χ3v) is 12.9. The smallest absolute Gasteiger partial charge is 0.479 e. The van der Waals surface area contributed by atoms with Gasteiger partial charge in [0.2, 0.25) is 11.8 Å². The van der Waals surface area contributed by atoms with Crippen molar-refractivity contribution >= 4 is 58.6 Å². The SMILES string of the molecule is Cc1ccc(NC(=O)C2(c3ccc4c(c3)OC(F)(F)O4)CC2)nc1-c1cccc(C(=O)NCCSCC(=O)N2CCN(C(=O)[C@H]3Cc4cc(Cl)cc(-c5ccnc(N)c5)c4O3)CC2)c1. The lowest BCUT2D eigenvalue weighted by Crippen LogP contribution is -2.53. The van der Waals surface area contributed by atoms with Gasteiger partial charge in [0.15, 0.2) is 17.6 Å². The van der Waals surface area contributed by atoms with Gasteiger partial charge >= 0.3 is 6.29 Å². The van der Waals surface area contributed by atoms with Gasteiger partial charge in [-0.25, -0.2) is 9.97 Å². The molecule has 2 fully saturated rings. The van der Waals surface area contributed by atoms with Gasteiger partial charge in [-0.3, -0.25) is 19.2 Å². The Bertz CT molecular complexity index is 2700. The van der Waals surface area contributed by atoms with Crippen LogP contribution in [0, 0.1) is 6.92 Å². The van der Waals surface area contributed by atoms with E-state index in [1.54, 1.807) is 58.5 Å². The number of aromatic nitrogens is 2. The summed E-state index contributed by atoms with van der Waals surface area (Å²) in [5.41, 5.74) is 10.4. The van der Waals surface area contributed by atoms with E-state index in [2.05, 4.69) is 25.1 Å². The molecule has 14 nitrogen and oxygen atoms in total. The molecule has 0 unspecified atom stereocenters. The zero-order valence-electron chi connectivity index (χ0n) is 34.5. The molecule has 4 aliphatic rings. The van der Waals surface area contributed by atoms with E-state index in [1.165, 1.54) is 23.9 Å². The Morgan fingerprint density at radius 2 is 1.70 bits per heavy atom. The molecule has 2 aromatic heterocycles. The summed E-state index contributed by atoms with van der Waals surface area (Å²) in [5.74, 6) is 1.03. The van der Waals surface area contributed by atoms with Crippen molar-refractivity contribution in [3.63, 3.8) is 0 Å². The summed E-state index contributed by atoms with van der Waals surface area (Å²) >= 11 is 7.85. The molecule has 4 amide bonds. The second-order valence-corrected chi connectivity index (χ2v) is 17.6. The van der Waals surface area contributed by atoms with E-state index in [0.29, 0.717) is 103 Å². The van der Waals surface area contributed by atoms with E-state index < -0.39 is 17.8 Å². The van der Waals surface area contributed by atoms with Crippen LogP contribution in [0.5, 0.6) is 17.2 Å². The number of fused-ring (bicyclic) bond motifs is 2. The van der Waals surface area contributed by atoms with Gasteiger partial charge in [-0.1, -0.05) is 35.9 Å². The Labute approximate surface area is 375 Å². The lowest BCUT2D eigenvalue weighted by atomic mass is 9.94.